The van der Waals surface area contributed by atoms with Crippen LogP contribution in [0.15, 0.2) is 78.9 Å². The van der Waals surface area contributed by atoms with Gasteiger partial charge in [0.25, 0.3) is 5.91 Å². The van der Waals surface area contributed by atoms with Gasteiger partial charge in [0.1, 0.15) is 5.75 Å². The van der Waals surface area contributed by atoms with Crippen LogP contribution in [-0.4, -0.2) is 17.6 Å². The molecule has 0 aliphatic carbocycles. The van der Waals surface area contributed by atoms with Crippen LogP contribution >= 0.6 is 23.8 Å². The second-order valence-electron chi connectivity index (χ2n) is 6.03. The SMILES string of the molecule is O=C(NC(=S)Nc1ccc(Cl)cc1)c1cccc(OCCc2ccccc2)c1. The van der Waals surface area contributed by atoms with Gasteiger partial charge in [-0.3, -0.25) is 10.1 Å². The van der Waals surface area contributed by atoms with E-state index in [1.807, 2.05) is 24.3 Å². The van der Waals surface area contributed by atoms with E-state index in [1.54, 1.807) is 42.5 Å². The van der Waals surface area contributed by atoms with E-state index < -0.39 is 0 Å². The Labute approximate surface area is 174 Å². The van der Waals surface area contributed by atoms with Gasteiger partial charge in [-0.2, -0.15) is 0 Å². The number of ether oxygens (including phenoxy) is 1. The Morgan fingerprint density at radius 1 is 0.964 bits per heavy atom. The van der Waals surface area contributed by atoms with Crippen molar-refractivity contribution in [3.05, 3.63) is 95.0 Å². The van der Waals surface area contributed by atoms with Gasteiger partial charge in [-0.1, -0.05) is 48.0 Å². The smallest absolute Gasteiger partial charge is 0.257 e. The summed E-state index contributed by atoms with van der Waals surface area (Å²) in [7, 11) is 0. The lowest BCUT2D eigenvalue weighted by molar-refractivity contribution is 0.0977. The van der Waals surface area contributed by atoms with Crippen molar-refractivity contribution < 1.29 is 9.53 Å². The number of rotatable bonds is 6. The summed E-state index contributed by atoms with van der Waals surface area (Å²) >= 11 is 11.1. The summed E-state index contributed by atoms with van der Waals surface area (Å²) in [4.78, 5) is 12.4. The van der Waals surface area contributed by atoms with Gasteiger partial charge < -0.3 is 10.1 Å². The first-order valence-electron chi connectivity index (χ1n) is 8.75. The van der Waals surface area contributed by atoms with Crippen LogP contribution < -0.4 is 15.4 Å². The summed E-state index contributed by atoms with van der Waals surface area (Å²) in [5.41, 5.74) is 2.42. The minimum atomic E-state index is -0.306. The van der Waals surface area contributed by atoms with Crippen LogP contribution in [0.1, 0.15) is 15.9 Å². The molecule has 0 aliphatic heterocycles. The van der Waals surface area contributed by atoms with Crippen molar-refractivity contribution in [1.29, 1.82) is 0 Å². The molecule has 1 amide bonds. The average Bonchev–Trinajstić information content (AvgIpc) is 2.71. The lowest BCUT2D eigenvalue weighted by Gasteiger charge is -2.11. The first-order valence-corrected chi connectivity index (χ1v) is 9.53. The number of hydrogen-bond acceptors (Lipinski definition) is 3. The van der Waals surface area contributed by atoms with Crippen molar-refractivity contribution in [2.24, 2.45) is 0 Å². The molecule has 142 valence electrons. The summed E-state index contributed by atoms with van der Waals surface area (Å²) < 4.78 is 5.77. The Hall–Kier alpha value is -2.89. The normalized spacial score (nSPS) is 10.2. The van der Waals surface area contributed by atoms with E-state index >= 15 is 0 Å². The fourth-order valence-electron chi connectivity index (χ4n) is 2.53. The maximum absolute atomic E-state index is 12.4. The fourth-order valence-corrected chi connectivity index (χ4v) is 2.87. The van der Waals surface area contributed by atoms with Gasteiger partial charge in [0.15, 0.2) is 5.11 Å². The van der Waals surface area contributed by atoms with E-state index in [-0.39, 0.29) is 11.0 Å². The highest BCUT2D eigenvalue weighted by Crippen LogP contribution is 2.15. The van der Waals surface area contributed by atoms with Crippen molar-refractivity contribution in [1.82, 2.24) is 5.32 Å². The Kier molecular flexibility index (Phi) is 7.00. The number of thiocarbonyl (C=S) groups is 1. The Balaban J connectivity index is 1.52. The molecule has 0 atom stereocenters. The average molecular weight is 411 g/mol. The molecule has 6 heteroatoms. The maximum atomic E-state index is 12.4. The van der Waals surface area contributed by atoms with Crippen molar-refractivity contribution in [2.75, 3.05) is 11.9 Å². The number of benzene rings is 3. The second kappa shape index (κ2) is 9.88. The van der Waals surface area contributed by atoms with Crippen LogP contribution in [-0.2, 0) is 6.42 Å². The lowest BCUT2D eigenvalue weighted by atomic mass is 10.2. The highest BCUT2D eigenvalue weighted by molar-refractivity contribution is 7.80. The molecule has 0 bridgehead atoms. The molecule has 0 spiro atoms. The predicted molar refractivity (Wildman–Crippen MR) is 117 cm³/mol. The zero-order chi connectivity index (χ0) is 19.8. The summed E-state index contributed by atoms with van der Waals surface area (Å²) in [6, 6.07) is 24.2. The summed E-state index contributed by atoms with van der Waals surface area (Å²) in [5, 5.41) is 6.45. The van der Waals surface area contributed by atoms with E-state index in [9.17, 15) is 4.79 Å². The van der Waals surface area contributed by atoms with E-state index in [4.69, 9.17) is 28.6 Å². The van der Waals surface area contributed by atoms with Crippen molar-refractivity contribution in [3.8, 4) is 5.75 Å². The molecule has 0 aromatic heterocycles. The second-order valence-corrected chi connectivity index (χ2v) is 6.87. The van der Waals surface area contributed by atoms with E-state index in [0.29, 0.717) is 22.9 Å². The van der Waals surface area contributed by atoms with Gasteiger partial charge in [0.2, 0.25) is 0 Å². The van der Waals surface area contributed by atoms with Crippen LogP contribution in [0.25, 0.3) is 0 Å². The minimum Gasteiger partial charge on any atom is -0.493 e. The Bertz CT molecular complexity index is 946. The van der Waals surface area contributed by atoms with Crippen LogP contribution in [0.2, 0.25) is 5.02 Å². The van der Waals surface area contributed by atoms with Crippen LogP contribution in [0, 0.1) is 0 Å². The summed E-state index contributed by atoms with van der Waals surface area (Å²) in [6.07, 6.45) is 0.798. The van der Waals surface area contributed by atoms with Gasteiger partial charge in [-0.15, -0.1) is 0 Å². The van der Waals surface area contributed by atoms with E-state index in [1.165, 1.54) is 5.56 Å². The number of anilines is 1. The number of halogens is 1. The minimum absolute atomic E-state index is 0.211. The maximum Gasteiger partial charge on any atom is 0.257 e. The standard InChI is InChI=1S/C22H19ClN2O2S/c23-18-9-11-19(12-10-18)24-22(28)25-21(26)17-7-4-8-20(15-17)27-14-13-16-5-2-1-3-6-16/h1-12,15H,13-14H2,(H2,24,25,26,28). The lowest BCUT2D eigenvalue weighted by Crippen LogP contribution is -2.34. The zero-order valence-electron chi connectivity index (χ0n) is 15.0. The zero-order valence-corrected chi connectivity index (χ0v) is 16.6. The molecule has 3 aromatic carbocycles. The molecule has 3 rings (SSSR count). The number of hydrogen-bond donors (Lipinski definition) is 2. The quantitative estimate of drug-likeness (QED) is 0.556. The van der Waals surface area contributed by atoms with Gasteiger partial charge >= 0.3 is 0 Å². The van der Waals surface area contributed by atoms with Crippen LogP contribution in [0.5, 0.6) is 5.75 Å². The number of amides is 1. The number of nitrogens with one attached hydrogen (secondary N) is 2. The summed E-state index contributed by atoms with van der Waals surface area (Å²) in [6.45, 7) is 0.533. The van der Waals surface area contributed by atoms with Gasteiger partial charge in [0.05, 0.1) is 6.61 Å². The largest absolute Gasteiger partial charge is 0.493 e. The van der Waals surface area contributed by atoms with Crippen molar-refractivity contribution >= 4 is 40.5 Å². The molecule has 0 radical (unpaired) electrons. The Morgan fingerprint density at radius 3 is 2.46 bits per heavy atom. The van der Waals surface area contributed by atoms with E-state index in [0.717, 1.165) is 12.1 Å². The third-order valence-corrected chi connectivity index (χ3v) is 4.38. The molecule has 0 unspecified atom stereocenters. The predicted octanol–water partition coefficient (Wildman–Crippen LogP) is 5.09. The van der Waals surface area contributed by atoms with Gasteiger partial charge in [0, 0.05) is 22.7 Å². The monoisotopic (exact) mass is 410 g/mol. The molecular formula is C22H19ClN2O2S. The molecule has 0 saturated carbocycles. The fraction of sp³-hybridized carbons (Fsp3) is 0.0909. The third-order valence-electron chi connectivity index (χ3n) is 3.93. The van der Waals surface area contributed by atoms with E-state index in [2.05, 4.69) is 22.8 Å². The molecule has 28 heavy (non-hydrogen) atoms. The molecule has 2 N–H and O–H groups in total. The molecule has 0 heterocycles. The Morgan fingerprint density at radius 2 is 1.71 bits per heavy atom. The molecule has 4 nitrogen and oxygen atoms in total. The van der Waals surface area contributed by atoms with Crippen molar-refractivity contribution in [3.63, 3.8) is 0 Å². The molecule has 0 saturated heterocycles. The first kappa shape index (κ1) is 19.9. The molecular weight excluding hydrogens is 392 g/mol. The third kappa shape index (κ3) is 6.08. The molecule has 0 fully saturated rings. The van der Waals surface area contributed by atoms with Crippen molar-refractivity contribution in [2.45, 2.75) is 6.42 Å². The first-order chi connectivity index (χ1) is 13.6. The van der Waals surface area contributed by atoms with Gasteiger partial charge in [-0.05, 0) is 60.2 Å². The highest BCUT2D eigenvalue weighted by Gasteiger charge is 2.09. The molecule has 3 aromatic rings. The number of carbonyl (C=O) groups is 1. The molecule has 0 aliphatic rings. The summed E-state index contributed by atoms with van der Waals surface area (Å²) in [5.74, 6) is 0.333. The number of carbonyl (C=O) groups excluding carboxylic acids is 1. The van der Waals surface area contributed by atoms with Gasteiger partial charge in [-0.25, -0.2) is 0 Å². The van der Waals surface area contributed by atoms with Crippen LogP contribution in [0.4, 0.5) is 5.69 Å². The highest BCUT2D eigenvalue weighted by atomic mass is 35.5. The van der Waals surface area contributed by atoms with Crippen LogP contribution in [0.3, 0.4) is 0 Å². The topological polar surface area (TPSA) is 50.4 Å².